The number of esters is 2. The van der Waals surface area contributed by atoms with Gasteiger partial charge in [0.2, 0.25) is 5.83 Å². The molecule has 4 aromatic carbocycles. The van der Waals surface area contributed by atoms with E-state index in [-0.39, 0.29) is 49.4 Å². The Morgan fingerprint density at radius 2 is 1.48 bits per heavy atom. The minimum Gasteiger partial charge on any atom is -0.494 e. The molecule has 0 aliphatic carbocycles. The molecule has 0 aliphatic rings. The zero-order valence-electron chi connectivity index (χ0n) is 27.1. The second-order valence-electron chi connectivity index (χ2n) is 10.7. The number of hydrogen-bond donors (Lipinski definition) is 0. The van der Waals surface area contributed by atoms with Crippen molar-refractivity contribution in [3.8, 4) is 23.0 Å². The Kier molecular flexibility index (Phi) is 13.5. The van der Waals surface area contributed by atoms with Crippen molar-refractivity contribution in [3.05, 3.63) is 108 Å². The Balaban J connectivity index is 1.32. The van der Waals surface area contributed by atoms with Crippen LogP contribution in [0.4, 0.5) is 4.39 Å². The average molecular weight is 659 g/mol. The lowest BCUT2D eigenvalue weighted by atomic mass is 10.0. The predicted octanol–water partition coefficient (Wildman–Crippen LogP) is 8.00. The van der Waals surface area contributed by atoms with Gasteiger partial charge in [0.05, 0.1) is 30.9 Å². The number of hydrogen-bond acceptors (Lipinski definition) is 9. The van der Waals surface area contributed by atoms with E-state index in [1.165, 1.54) is 0 Å². The molecule has 0 fully saturated rings. The molecule has 0 bridgehead atoms. The van der Waals surface area contributed by atoms with Gasteiger partial charge in [-0.05, 0) is 89.8 Å². The molecule has 0 N–H and O–H groups in total. The van der Waals surface area contributed by atoms with Gasteiger partial charge in [-0.2, -0.15) is 4.39 Å². The quantitative estimate of drug-likeness (QED) is 0.0326. The minimum atomic E-state index is -1.17. The van der Waals surface area contributed by atoms with E-state index in [9.17, 15) is 18.8 Å². The summed E-state index contributed by atoms with van der Waals surface area (Å²) in [7, 11) is 0. The number of carbonyl (C=O) groups is 3. The fraction of sp³-hybridized carbons (Fsp3) is 0.289. The molecule has 0 aromatic heterocycles. The molecule has 0 saturated carbocycles. The monoisotopic (exact) mass is 658 g/mol. The highest BCUT2D eigenvalue weighted by atomic mass is 19.1. The first kappa shape index (κ1) is 35.6. The summed E-state index contributed by atoms with van der Waals surface area (Å²) >= 11 is 0. The highest BCUT2D eigenvalue weighted by Crippen LogP contribution is 2.33. The fourth-order valence-electron chi connectivity index (χ4n) is 4.70. The number of halogens is 1. The molecule has 0 heterocycles. The first-order valence-corrected chi connectivity index (χ1v) is 15.8. The molecular formula is C38H39FO9. The maximum absolute atomic E-state index is 12.9. The minimum absolute atomic E-state index is 0.0731. The van der Waals surface area contributed by atoms with Gasteiger partial charge in [0.15, 0.2) is 6.29 Å². The Morgan fingerprint density at radius 1 is 0.812 bits per heavy atom. The van der Waals surface area contributed by atoms with Crippen LogP contribution in [0.1, 0.15) is 65.5 Å². The van der Waals surface area contributed by atoms with E-state index in [0.717, 1.165) is 36.0 Å². The zero-order valence-corrected chi connectivity index (χ0v) is 27.1. The van der Waals surface area contributed by atoms with E-state index in [0.29, 0.717) is 29.8 Å². The molecule has 0 saturated heterocycles. The summed E-state index contributed by atoms with van der Waals surface area (Å²) in [5.41, 5.74) is 1.55. The highest BCUT2D eigenvalue weighted by Gasteiger charge is 2.17. The lowest BCUT2D eigenvalue weighted by Gasteiger charge is -2.19. The fourth-order valence-corrected chi connectivity index (χ4v) is 4.70. The molecule has 1 unspecified atom stereocenters. The number of benzene rings is 4. The van der Waals surface area contributed by atoms with Crippen LogP contribution in [-0.4, -0.2) is 51.3 Å². The smallest absolute Gasteiger partial charge is 0.366 e. The standard InChI is InChI=1S/C38H39FO9/c1-4-6-19-44-30-12-7-27(8-13-30)35(5-2)47-32-16-17-33-29(24-32)11-18-36(34(33)25-40)48-38(42)28-9-14-31(15-10-28)45-22-20-43-21-23-46-37(41)26(3)39/h7-18,24-25,35H,3-6,19-23H2,1-2H3. The Bertz CT molecular complexity index is 1680. The lowest BCUT2D eigenvalue weighted by Crippen LogP contribution is -2.13. The maximum atomic E-state index is 12.9. The van der Waals surface area contributed by atoms with E-state index in [2.05, 4.69) is 25.2 Å². The number of aldehydes is 1. The SMILES string of the molecule is C=C(F)C(=O)OCCOCCOc1ccc(C(=O)Oc2ccc3cc(OC(CC)c4ccc(OCCCC)cc4)ccc3c2C=O)cc1. The van der Waals surface area contributed by atoms with E-state index < -0.39 is 17.8 Å². The molecule has 0 radical (unpaired) electrons. The van der Waals surface area contributed by atoms with Crippen LogP contribution in [-0.2, 0) is 14.3 Å². The van der Waals surface area contributed by atoms with Gasteiger partial charge in [0.25, 0.3) is 0 Å². The van der Waals surface area contributed by atoms with Crippen LogP contribution in [0, 0.1) is 0 Å². The number of rotatable bonds is 19. The van der Waals surface area contributed by atoms with E-state index in [1.807, 2.05) is 30.3 Å². The van der Waals surface area contributed by atoms with E-state index in [4.69, 9.17) is 23.7 Å². The third-order valence-electron chi connectivity index (χ3n) is 7.25. The van der Waals surface area contributed by atoms with E-state index >= 15 is 0 Å². The molecular weight excluding hydrogens is 619 g/mol. The van der Waals surface area contributed by atoms with Crippen LogP contribution in [0.25, 0.3) is 10.8 Å². The molecule has 48 heavy (non-hydrogen) atoms. The summed E-state index contributed by atoms with van der Waals surface area (Å²) < 4.78 is 45.7. The predicted molar refractivity (Wildman–Crippen MR) is 179 cm³/mol. The summed E-state index contributed by atoms with van der Waals surface area (Å²) in [6.07, 6.45) is 3.35. The van der Waals surface area contributed by atoms with Gasteiger partial charge in [0, 0.05) is 0 Å². The van der Waals surface area contributed by atoms with Crippen molar-refractivity contribution < 1.29 is 47.2 Å². The third-order valence-corrected chi connectivity index (χ3v) is 7.25. The van der Waals surface area contributed by atoms with Crippen LogP contribution >= 0.6 is 0 Å². The third kappa shape index (κ3) is 10.1. The van der Waals surface area contributed by atoms with Crippen molar-refractivity contribution in [2.45, 2.75) is 39.2 Å². The van der Waals surface area contributed by atoms with Crippen molar-refractivity contribution in [1.82, 2.24) is 0 Å². The van der Waals surface area contributed by atoms with Crippen LogP contribution in [0.5, 0.6) is 23.0 Å². The van der Waals surface area contributed by atoms with Crippen molar-refractivity contribution in [2.24, 2.45) is 0 Å². The van der Waals surface area contributed by atoms with Crippen LogP contribution in [0.2, 0.25) is 0 Å². The van der Waals surface area contributed by atoms with Gasteiger partial charge in [0.1, 0.15) is 42.3 Å². The normalized spacial score (nSPS) is 11.4. The number of fused-ring (bicyclic) bond motifs is 1. The molecule has 0 aliphatic heterocycles. The first-order valence-electron chi connectivity index (χ1n) is 15.8. The van der Waals surface area contributed by atoms with Gasteiger partial charge in [-0.25, -0.2) is 9.59 Å². The summed E-state index contributed by atoms with van der Waals surface area (Å²) in [5, 5.41) is 1.39. The van der Waals surface area contributed by atoms with Crippen LogP contribution in [0.15, 0.2) is 91.3 Å². The van der Waals surface area contributed by atoms with Crippen molar-refractivity contribution >= 4 is 29.0 Å². The summed E-state index contributed by atoms with van der Waals surface area (Å²) in [4.78, 5) is 36.0. The van der Waals surface area contributed by atoms with Gasteiger partial charge in [-0.15, -0.1) is 0 Å². The Morgan fingerprint density at radius 3 is 2.15 bits per heavy atom. The summed E-state index contributed by atoms with van der Waals surface area (Å²) in [5.74, 6) is -0.805. The summed E-state index contributed by atoms with van der Waals surface area (Å²) in [6, 6.07) is 23.1. The lowest BCUT2D eigenvalue weighted by molar-refractivity contribution is -0.142. The molecule has 4 aromatic rings. The first-order chi connectivity index (χ1) is 23.3. The number of ether oxygens (including phenoxy) is 6. The second-order valence-corrected chi connectivity index (χ2v) is 10.7. The molecule has 10 heteroatoms. The molecule has 252 valence electrons. The van der Waals surface area contributed by atoms with E-state index in [1.54, 1.807) is 48.5 Å². The van der Waals surface area contributed by atoms with Crippen molar-refractivity contribution in [3.63, 3.8) is 0 Å². The molecule has 9 nitrogen and oxygen atoms in total. The zero-order chi connectivity index (χ0) is 34.3. The second kappa shape index (κ2) is 18.2. The molecule has 0 spiro atoms. The topological polar surface area (TPSA) is 107 Å². The van der Waals surface area contributed by atoms with Gasteiger partial charge in [-0.1, -0.05) is 45.0 Å². The summed E-state index contributed by atoms with van der Waals surface area (Å²) in [6.45, 7) is 8.08. The average Bonchev–Trinajstić information content (AvgIpc) is 3.10. The Hall–Kier alpha value is -5.22. The van der Waals surface area contributed by atoms with Crippen LogP contribution < -0.4 is 18.9 Å². The van der Waals surface area contributed by atoms with Crippen LogP contribution in [0.3, 0.4) is 0 Å². The largest absolute Gasteiger partial charge is 0.494 e. The number of carbonyl (C=O) groups excluding carboxylic acids is 3. The maximum Gasteiger partial charge on any atom is 0.366 e. The van der Waals surface area contributed by atoms with Gasteiger partial charge in [-0.3, -0.25) is 4.79 Å². The highest BCUT2D eigenvalue weighted by molar-refractivity contribution is 6.02. The number of unbranched alkanes of at least 4 members (excludes halogenated alkanes) is 1. The van der Waals surface area contributed by atoms with Crippen molar-refractivity contribution in [2.75, 3.05) is 33.0 Å². The molecule has 0 amide bonds. The molecule has 4 rings (SSSR count). The van der Waals surface area contributed by atoms with Crippen molar-refractivity contribution in [1.29, 1.82) is 0 Å². The Labute approximate surface area is 279 Å². The molecule has 1 atom stereocenters. The van der Waals surface area contributed by atoms with Gasteiger partial charge < -0.3 is 28.4 Å². The van der Waals surface area contributed by atoms with Gasteiger partial charge >= 0.3 is 11.9 Å².